The van der Waals surface area contributed by atoms with Gasteiger partial charge >= 0.3 is 0 Å². The predicted octanol–water partition coefficient (Wildman–Crippen LogP) is 3.64. The first-order valence-corrected chi connectivity index (χ1v) is 11.4. The first kappa shape index (κ1) is 22.2. The Bertz CT molecular complexity index is 907. The van der Waals surface area contributed by atoms with Crippen molar-refractivity contribution in [3.8, 4) is 0 Å². The third-order valence-electron chi connectivity index (χ3n) is 7.47. The molecule has 1 heterocycles. The van der Waals surface area contributed by atoms with Crippen molar-refractivity contribution in [3.05, 3.63) is 71.8 Å². The lowest BCUT2D eigenvalue weighted by Gasteiger charge is -2.62. The Morgan fingerprint density at radius 2 is 1.55 bits per heavy atom. The Morgan fingerprint density at radius 3 is 2.13 bits per heavy atom. The van der Waals surface area contributed by atoms with Crippen LogP contribution in [0.4, 0.5) is 0 Å². The summed E-state index contributed by atoms with van der Waals surface area (Å²) in [5.74, 6) is 0.155. The smallest absolute Gasteiger partial charge is 0.134 e. The maximum absolute atomic E-state index is 13.1. The molecule has 4 nitrogen and oxygen atoms in total. The van der Waals surface area contributed by atoms with Crippen molar-refractivity contribution in [1.29, 1.82) is 0 Å². The van der Waals surface area contributed by atoms with E-state index in [1.807, 2.05) is 48.5 Å². The molecule has 4 heteroatoms. The van der Waals surface area contributed by atoms with E-state index >= 15 is 0 Å². The number of rotatable bonds is 5. The zero-order chi connectivity index (χ0) is 22.3. The van der Waals surface area contributed by atoms with Crippen LogP contribution in [0, 0.1) is 10.8 Å². The average Bonchev–Trinajstić information content (AvgIpc) is 2.70. The molecule has 31 heavy (non-hydrogen) atoms. The van der Waals surface area contributed by atoms with E-state index in [4.69, 9.17) is 0 Å². The van der Waals surface area contributed by atoms with Crippen molar-refractivity contribution < 1.29 is 15.0 Å². The zero-order valence-corrected chi connectivity index (χ0v) is 18.9. The summed E-state index contributed by atoms with van der Waals surface area (Å²) >= 11 is 0. The topological polar surface area (TPSA) is 60.8 Å². The van der Waals surface area contributed by atoms with Gasteiger partial charge in [-0.05, 0) is 44.7 Å². The van der Waals surface area contributed by atoms with Crippen LogP contribution in [-0.4, -0.2) is 51.7 Å². The molecule has 2 fully saturated rings. The molecule has 0 amide bonds. The number of carbonyl (C=O) groups is 1. The van der Waals surface area contributed by atoms with Crippen molar-refractivity contribution in [2.75, 3.05) is 13.1 Å². The Balaban J connectivity index is 1.75. The minimum Gasteiger partial charge on any atom is -0.392 e. The largest absolute Gasteiger partial charge is 0.392 e. The molecule has 4 rings (SSSR count). The highest BCUT2D eigenvalue weighted by Gasteiger charge is 2.63. The zero-order valence-electron chi connectivity index (χ0n) is 18.9. The maximum Gasteiger partial charge on any atom is 0.134 e. The van der Waals surface area contributed by atoms with Crippen LogP contribution < -0.4 is 0 Å². The summed E-state index contributed by atoms with van der Waals surface area (Å²) in [7, 11) is 0. The van der Waals surface area contributed by atoms with Crippen LogP contribution in [0.25, 0.3) is 0 Å². The van der Waals surface area contributed by atoms with Crippen molar-refractivity contribution in [2.24, 2.45) is 10.8 Å². The van der Waals surface area contributed by atoms with Gasteiger partial charge in [0.1, 0.15) is 5.78 Å². The average molecular weight is 422 g/mol. The van der Waals surface area contributed by atoms with Crippen molar-refractivity contribution >= 4 is 5.78 Å². The fraction of sp³-hybridized carbons (Fsp3) is 0.519. The molecule has 4 atom stereocenters. The molecular weight excluding hydrogens is 386 g/mol. The van der Waals surface area contributed by atoms with E-state index in [0.717, 1.165) is 11.1 Å². The van der Waals surface area contributed by atoms with Gasteiger partial charge in [-0.2, -0.15) is 0 Å². The summed E-state index contributed by atoms with van der Waals surface area (Å²) < 4.78 is 0. The van der Waals surface area contributed by atoms with Gasteiger partial charge in [-0.1, -0.05) is 60.7 Å². The normalized spacial score (nSPS) is 30.2. The van der Waals surface area contributed by atoms with Crippen molar-refractivity contribution in [1.82, 2.24) is 4.90 Å². The summed E-state index contributed by atoms with van der Waals surface area (Å²) in [5, 5.41) is 23.4. The summed E-state index contributed by atoms with van der Waals surface area (Å²) in [4.78, 5) is 15.5. The van der Waals surface area contributed by atoms with E-state index in [9.17, 15) is 15.0 Å². The van der Waals surface area contributed by atoms with Gasteiger partial charge in [0.15, 0.2) is 0 Å². The second-order valence-corrected chi connectivity index (χ2v) is 10.8. The molecule has 2 aliphatic rings. The Morgan fingerprint density at radius 1 is 0.968 bits per heavy atom. The van der Waals surface area contributed by atoms with Gasteiger partial charge in [0.25, 0.3) is 0 Å². The molecule has 0 aromatic heterocycles. The molecule has 1 saturated carbocycles. The van der Waals surface area contributed by atoms with Crippen LogP contribution in [0.5, 0.6) is 0 Å². The number of hydrogen-bond acceptors (Lipinski definition) is 4. The summed E-state index contributed by atoms with van der Waals surface area (Å²) in [5.41, 5.74) is 0.556. The van der Waals surface area contributed by atoms with Crippen LogP contribution in [0.3, 0.4) is 0 Å². The minimum absolute atomic E-state index is 0.125. The van der Waals surface area contributed by atoms with Crippen LogP contribution in [0.1, 0.15) is 44.7 Å². The Labute approximate surface area is 185 Å². The van der Waals surface area contributed by atoms with E-state index in [1.165, 1.54) is 0 Å². The van der Waals surface area contributed by atoms with E-state index in [-0.39, 0.29) is 17.7 Å². The third kappa shape index (κ3) is 4.21. The molecule has 2 aromatic carbocycles. The molecule has 1 saturated heterocycles. The van der Waals surface area contributed by atoms with E-state index in [2.05, 4.69) is 37.8 Å². The standard InChI is InChI=1S/C27H35NO3/c1-25(2,3)28-18-26(15-21-12-8-5-9-13-21)16-22(29)17-27(19-28,24(26)31)23(30)14-20-10-6-4-7-11-20/h4-13,23-24,30-31H,14-19H2,1-3H3/t23?,24?,26-,27+/m1/s1. The lowest BCUT2D eigenvalue weighted by Crippen LogP contribution is -2.72. The monoisotopic (exact) mass is 421 g/mol. The molecule has 0 radical (unpaired) electrons. The highest BCUT2D eigenvalue weighted by molar-refractivity contribution is 5.82. The lowest BCUT2D eigenvalue weighted by atomic mass is 9.52. The summed E-state index contributed by atoms with van der Waals surface area (Å²) in [6, 6.07) is 20.0. The number of carbonyl (C=O) groups excluding carboxylic acids is 1. The molecule has 166 valence electrons. The first-order chi connectivity index (χ1) is 14.6. The molecule has 2 unspecified atom stereocenters. The quantitative estimate of drug-likeness (QED) is 0.774. The van der Waals surface area contributed by atoms with Gasteiger partial charge in [-0.3, -0.25) is 9.69 Å². The highest BCUT2D eigenvalue weighted by atomic mass is 16.3. The number of aliphatic hydroxyl groups excluding tert-OH is 2. The number of hydrogen-bond donors (Lipinski definition) is 2. The van der Waals surface area contributed by atoms with Crippen LogP contribution in [0.15, 0.2) is 60.7 Å². The molecule has 2 N–H and O–H groups in total. The Kier molecular flexibility index (Phi) is 5.84. The van der Waals surface area contributed by atoms with Crippen LogP contribution in [0.2, 0.25) is 0 Å². The van der Waals surface area contributed by atoms with E-state index in [0.29, 0.717) is 32.4 Å². The van der Waals surface area contributed by atoms with E-state index in [1.54, 1.807) is 0 Å². The third-order valence-corrected chi connectivity index (χ3v) is 7.47. The number of fused-ring (bicyclic) bond motifs is 2. The molecule has 0 spiro atoms. The summed E-state index contributed by atoms with van der Waals surface area (Å²) in [6.07, 6.45) is 0.114. The van der Waals surface area contributed by atoms with E-state index < -0.39 is 23.0 Å². The van der Waals surface area contributed by atoms with Gasteiger partial charge < -0.3 is 10.2 Å². The van der Waals surface area contributed by atoms with Crippen molar-refractivity contribution in [3.63, 3.8) is 0 Å². The first-order valence-electron chi connectivity index (χ1n) is 11.4. The fourth-order valence-corrected chi connectivity index (χ4v) is 5.84. The number of ketones is 1. The number of nitrogens with zero attached hydrogens (tertiary/aromatic N) is 1. The maximum atomic E-state index is 13.1. The van der Waals surface area contributed by atoms with Gasteiger partial charge in [0.2, 0.25) is 0 Å². The van der Waals surface area contributed by atoms with Crippen molar-refractivity contribution in [2.45, 2.75) is 64.2 Å². The molecule has 2 aromatic rings. The minimum atomic E-state index is -0.870. The van der Waals surface area contributed by atoms with Gasteiger partial charge in [-0.25, -0.2) is 0 Å². The predicted molar refractivity (Wildman–Crippen MR) is 123 cm³/mol. The SMILES string of the molecule is CC(C)(C)N1C[C@@]2(Cc3ccccc3)CC(=O)C[C@@](C(O)Cc3ccccc3)(C1)C2O. The number of aliphatic hydroxyl groups is 2. The van der Waals surface area contributed by atoms with Crippen LogP contribution in [-0.2, 0) is 17.6 Å². The van der Waals surface area contributed by atoms with Crippen LogP contribution >= 0.6 is 0 Å². The highest BCUT2D eigenvalue weighted by Crippen LogP contribution is 2.54. The van der Waals surface area contributed by atoms with Gasteiger partial charge in [0, 0.05) is 42.3 Å². The summed E-state index contributed by atoms with van der Waals surface area (Å²) in [6.45, 7) is 7.70. The van der Waals surface area contributed by atoms with Gasteiger partial charge in [0.05, 0.1) is 12.2 Å². The number of piperidine rings is 1. The second kappa shape index (κ2) is 8.16. The number of benzene rings is 2. The number of likely N-dealkylation sites (tertiary alicyclic amines) is 1. The molecular formula is C27H35NO3. The lowest BCUT2D eigenvalue weighted by molar-refractivity contribution is -0.213. The number of Topliss-reactive ketones (excluding diaryl/α,β-unsaturated/α-hetero) is 1. The second-order valence-electron chi connectivity index (χ2n) is 10.8. The molecule has 2 bridgehead atoms. The van der Waals surface area contributed by atoms with Gasteiger partial charge in [-0.15, -0.1) is 0 Å². The fourth-order valence-electron chi connectivity index (χ4n) is 5.84. The molecule has 1 aliphatic carbocycles. The Hall–Kier alpha value is -2.01. The molecule has 1 aliphatic heterocycles.